The molecule has 1 aliphatic rings. The maximum Gasteiger partial charge on any atom is 0.103 e. The van der Waals surface area contributed by atoms with Crippen molar-refractivity contribution in [1.82, 2.24) is 4.98 Å². The number of hydrogen-bond donors (Lipinski definition) is 1. The molecule has 1 unspecified atom stereocenters. The van der Waals surface area contributed by atoms with Gasteiger partial charge in [-0.05, 0) is 37.8 Å². The van der Waals surface area contributed by atoms with Crippen LogP contribution in [0.3, 0.4) is 0 Å². The molecule has 3 rings (SSSR count). The normalized spacial score (nSPS) is 18.3. The molecule has 19 heavy (non-hydrogen) atoms. The van der Waals surface area contributed by atoms with Gasteiger partial charge in [0.05, 0.1) is 22.4 Å². The lowest BCUT2D eigenvalue weighted by Gasteiger charge is -2.14. The molecule has 0 fully saturated rings. The van der Waals surface area contributed by atoms with Crippen LogP contribution in [0.5, 0.6) is 0 Å². The Kier molecular flexibility index (Phi) is 3.91. The molecule has 0 amide bonds. The van der Waals surface area contributed by atoms with Crippen LogP contribution in [0.25, 0.3) is 0 Å². The van der Waals surface area contributed by atoms with Gasteiger partial charge in [-0.3, -0.25) is 0 Å². The topological polar surface area (TPSA) is 33.1 Å². The van der Waals surface area contributed by atoms with Crippen molar-refractivity contribution in [1.29, 1.82) is 0 Å². The Labute approximate surface area is 121 Å². The molecule has 0 bridgehead atoms. The number of aromatic nitrogens is 1. The third kappa shape index (κ3) is 2.86. The van der Waals surface area contributed by atoms with Gasteiger partial charge in [-0.1, -0.05) is 18.2 Å². The minimum absolute atomic E-state index is 0.279. The molecule has 4 heteroatoms. The minimum atomic E-state index is -0.279. The van der Waals surface area contributed by atoms with E-state index in [0.717, 1.165) is 40.6 Å². The minimum Gasteiger partial charge on any atom is -0.388 e. The van der Waals surface area contributed by atoms with E-state index in [1.807, 2.05) is 11.8 Å². The molecule has 0 spiro atoms. The number of aryl methyl sites for hydroxylation is 2. The second kappa shape index (κ2) is 5.65. The number of rotatable bonds is 3. The lowest BCUT2D eigenvalue weighted by molar-refractivity contribution is 0.160. The summed E-state index contributed by atoms with van der Waals surface area (Å²) in [5.41, 5.74) is 2.44. The predicted octanol–water partition coefficient (Wildman–Crippen LogP) is 4.11. The molecule has 0 radical (unpaired) electrons. The molecule has 2 aromatic rings. The zero-order chi connectivity index (χ0) is 13.2. The van der Waals surface area contributed by atoms with Crippen molar-refractivity contribution in [3.63, 3.8) is 0 Å². The first kappa shape index (κ1) is 13.2. The second-order valence-electron chi connectivity index (χ2n) is 4.88. The van der Waals surface area contributed by atoms with E-state index in [4.69, 9.17) is 0 Å². The summed E-state index contributed by atoms with van der Waals surface area (Å²) in [7, 11) is 0. The van der Waals surface area contributed by atoms with E-state index in [1.165, 1.54) is 10.5 Å². The largest absolute Gasteiger partial charge is 0.388 e. The van der Waals surface area contributed by atoms with Gasteiger partial charge in [0, 0.05) is 4.90 Å². The number of benzene rings is 1. The SMILES string of the molecule is Cc1ccccc1SCc1nc2c(s1)C(O)CCC2. The molecule has 1 N–H and O–H groups in total. The van der Waals surface area contributed by atoms with E-state index >= 15 is 0 Å². The second-order valence-corrected chi connectivity index (χ2v) is 7.01. The predicted molar refractivity (Wildman–Crippen MR) is 80.8 cm³/mol. The van der Waals surface area contributed by atoms with Gasteiger partial charge in [-0.25, -0.2) is 4.98 Å². The van der Waals surface area contributed by atoms with Crippen molar-refractivity contribution in [2.24, 2.45) is 0 Å². The molecule has 0 aliphatic heterocycles. The summed E-state index contributed by atoms with van der Waals surface area (Å²) in [6.45, 7) is 2.14. The fraction of sp³-hybridized carbons (Fsp3) is 0.400. The highest BCUT2D eigenvalue weighted by molar-refractivity contribution is 7.98. The fourth-order valence-electron chi connectivity index (χ4n) is 2.37. The van der Waals surface area contributed by atoms with Crippen molar-refractivity contribution < 1.29 is 5.11 Å². The van der Waals surface area contributed by atoms with Gasteiger partial charge in [0.2, 0.25) is 0 Å². The number of thiazole rings is 1. The third-order valence-electron chi connectivity index (χ3n) is 3.41. The van der Waals surface area contributed by atoms with E-state index in [2.05, 4.69) is 36.2 Å². The van der Waals surface area contributed by atoms with Gasteiger partial charge in [0.1, 0.15) is 5.01 Å². The quantitative estimate of drug-likeness (QED) is 0.864. The summed E-state index contributed by atoms with van der Waals surface area (Å²) in [6, 6.07) is 8.44. The van der Waals surface area contributed by atoms with Crippen LogP contribution in [-0.4, -0.2) is 10.1 Å². The highest BCUT2D eigenvalue weighted by Crippen LogP contribution is 2.36. The molecule has 0 saturated heterocycles. The molecule has 1 atom stereocenters. The number of fused-ring (bicyclic) bond motifs is 1. The van der Waals surface area contributed by atoms with Crippen LogP contribution in [-0.2, 0) is 12.2 Å². The summed E-state index contributed by atoms with van der Waals surface area (Å²) < 4.78 is 0. The Morgan fingerprint density at radius 3 is 3.05 bits per heavy atom. The monoisotopic (exact) mass is 291 g/mol. The van der Waals surface area contributed by atoms with E-state index in [0.29, 0.717) is 0 Å². The van der Waals surface area contributed by atoms with Gasteiger partial charge in [0.25, 0.3) is 0 Å². The van der Waals surface area contributed by atoms with Crippen LogP contribution in [0.2, 0.25) is 0 Å². The van der Waals surface area contributed by atoms with Crippen LogP contribution in [0.1, 0.15) is 40.1 Å². The molecule has 1 aromatic carbocycles. The Hall–Kier alpha value is -0.840. The molecule has 2 nitrogen and oxygen atoms in total. The number of aliphatic hydroxyl groups is 1. The van der Waals surface area contributed by atoms with Crippen LogP contribution in [0.4, 0.5) is 0 Å². The van der Waals surface area contributed by atoms with E-state index in [1.54, 1.807) is 11.3 Å². The number of hydrogen-bond acceptors (Lipinski definition) is 4. The van der Waals surface area contributed by atoms with Crippen molar-refractivity contribution in [3.05, 3.63) is 45.4 Å². The van der Waals surface area contributed by atoms with Crippen molar-refractivity contribution in [2.75, 3.05) is 0 Å². The van der Waals surface area contributed by atoms with Gasteiger partial charge in [-0.2, -0.15) is 0 Å². The van der Waals surface area contributed by atoms with Crippen molar-refractivity contribution >= 4 is 23.1 Å². The summed E-state index contributed by atoms with van der Waals surface area (Å²) in [5, 5.41) is 11.1. The molecular weight excluding hydrogens is 274 g/mol. The standard InChI is InChI=1S/C15H17NOS2/c1-10-5-2-3-8-13(10)18-9-14-16-11-6-4-7-12(17)15(11)19-14/h2-3,5,8,12,17H,4,6-7,9H2,1H3. The number of aliphatic hydroxyl groups excluding tert-OH is 1. The lowest BCUT2D eigenvalue weighted by Crippen LogP contribution is -2.06. The fourth-order valence-corrected chi connectivity index (χ4v) is 4.52. The smallest absolute Gasteiger partial charge is 0.103 e. The Morgan fingerprint density at radius 2 is 2.26 bits per heavy atom. The van der Waals surface area contributed by atoms with Crippen LogP contribution >= 0.6 is 23.1 Å². The van der Waals surface area contributed by atoms with Crippen molar-refractivity contribution in [2.45, 2.75) is 42.9 Å². The van der Waals surface area contributed by atoms with Crippen molar-refractivity contribution in [3.8, 4) is 0 Å². The van der Waals surface area contributed by atoms with Gasteiger partial charge >= 0.3 is 0 Å². The summed E-state index contributed by atoms with van der Waals surface area (Å²) in [6.07, 6.45) is 2.69. The molecule has 1 aliphatic carbocycles. The van der Waals surface area contributed by atoms with E-state index in [9.17, 15) is 5.11 Å². The van der Waals surface area contributed by atoms with E-state index in [-0.39, 0.29) is 6.10 Å². The summed E-state index contributed by atoms with van der Waals surface area (Å²) in [5.74, 6) is 0.898. The highest BCUT2D eigenvalue weighted by Gasteiger charge is 2.22. The molecule has 1 aromatic heterocycles. The highest BCUT2D eigenvalue weighted by atomic mass is 32.2. The Balaban J connectivity index is 1.73. The molecular formula is C15H17NOS2. The maximum absolute atomic E-state index is 9.97. The molecule has 100 valence electrons. The van der Waals surface area contributed by atoms with Gasteiger partial charge in [0.15, 0.2) is 0 Å². The Bertz CT molecular complexity index is 579. The zero-order valence-corrected chi connectivity index (χ0v) is 12.6. The van der Waals surface area contributed by atoms with Gasteiger partial charge in [-0.15, -0.1) is 23.1 Å². The maximum atomic E-state index is 9.97. The van der Waals surface area contributed by atoms with E-state index < -0.39 is 0 Å². The average Bonchev–Trinajstić information content (AvgIpc) is 2.82. The first-order valence-electron chi connectivity index (χ1n) is 6.59. The lowest BCUT2D eigenvalue weighted by atomic mass is 10.0. The van der Waals surface area contributed by atoms with Crippen LogP contribution in [0.15, 0.2) is 29.2 Å². The van der Waals surface area contributed by atoms with Gasteiger partial charge < -0.3 is 5.11 Å². The molecule has 1 heterocycles. The Morgan fingerprint density at radius 1 is 1.42 bits per heavy atom. The molecule has 0 saturated carbocycles. The number of thioether (sulfide) groups is 1. The van der Waals surface area contributed by atoms with Crippen LogP contribution < -0.4 is 0 Å². The first-order valence-corrected chi connectivity index (χ1v) is 8.39. The van der Waals surface area contributed by atoms with Crippen LogP contribution in [0, 0.1) is 6.92 Å². The summed E-state index contributed by atoms with van der Waals surface area (Å²) >= 11 is 3.52. The number of nitrogens with zero attached hydrogens (tertiary/aromatic N) is 1. The first-order chi connectivity index (χ1) is 9.24. The summed E-state index contributed by atoms with van der Waals surface area (Å²) in [4.78, 5) is 7.10. The third-order valence-corrected chi connectivity index (χ3v) is 5.98. The zero-order valence-electron chi connectivity index (χ0n) is 10.9. The average molecular weight is 291 g/mol.